The molecule has 2 aromatic heterocycles. The average Bonchev–Trinajstić information content (AvgIpc) is 3.21. The topological polar surface area (TPSA) is 124 Å². The van der Waals surface area contributed by atoms with Crippen molar-refractivity contribution in [1.29, 1.82) is 0 Å². The van der Waals surface area contributed by atoms with Gasteiger partial charge in [-0.2, -0.15) is 0 Å². The number of cyclic esters (lactones) is 1. The van der Waals surface area contributed by atoms with E-state index in [1.54, 1.807) is 41.1 Å². The van der Waals surface area contributed by atoms with E-state index in [1.165, 1.54) is 11.0 Å². The highest BCUT2D eigenvalue weighted by Gasteiger charge is 2.33. The van der Waals surface area contributed by atoms with Crippen molar-refractivity contribution in [2.45, 2.75) is 18.8 Å². The van der Waals surface area contributed by atoms with Gasteiger partial charge >= 0.3 is 6.09 Å². The maximum Gasteiger partial charge on any atom is 0.414 e. The largest absolute Gasteiger partial charge is 0.485 e. The average molecular weight is 463 g/mol. The van der Waals surface area contributed by atoms with Gasteiger partial charge in [0.25, 0.3) is 11.5 Å². The standard InChI is InChI=1S/C23H21N5O6/c29-20-12-32-18-3-1-13(7-17(18)26-20)27-10-15(34-23(27)31)9-24-8-14-11-28-21(30)4-2-16-22(28)19(33-14)5-6-25-16/h1-7,14-15,24H,8-12H2,(H,26,29)/t14-,15+/m0/s1. The number of rotatable bonds is 5. The quantitative estimate of drug-likeness (QED) is 0.577. The summed E-state index contributed by atoms with van der Waals surface area (Å²) in [6, 6.07) is 10.1. The van der Waals surface area contributed by atoms with Crippen molar-refractivity contribution >= 4 is 34.4 Å². The zero-order valence-corrected chi connectivity index (χ0v) is 18.0. The molecular formula is C23H21N5O6. The lowest BCUT2D eigenvalue weighted by molar-refractivity contribution is -0.118. The van der Waals surface area contributed by atoms with E-state index in [9.17, 15) is 14.4 Å². The molecule has 5 heterocycles. The number of fused-ring (bicyclic) bond motifs is 1. The summed E-state index contributed by atoms with van der Waals surface area (Å²) in [5, 5.41) is 6.03. The van der Waals surface area contributed by atoms with Crippen molar-refractivity contribution in [2.75, 3.05) is 36.5 Å². The molecule has 0 spiro atoms. The zero-order chi connectivity index (χ0) is 23.2. The van der Waals surface area contributed by atoms with Crippen molar-refractivity contribution in [3.05, 3.63) is 52.9 Å². The van der Waals surface area contributed by atoms with Gasteiger partial charge in [0.15, 0.2) is 6.61 Å². The van der Waals surface area contributed by atoms with E-state index in [4.69, 9.17) is 14.2 Å². The lowest BCUT2D eigenvalue weighted by Gasteiger charge is -2.27. The molecular weight excluding hydrogens is 442 g/mol. The second-order valence-corrected chi connectivity index (χ2v) is 8.36. The fourth-order valence-corrected chi connectivity index (χ4v) is 4.48. The van der Waals surface area contributed by atoms with Crippen LogP contribution in [0.4, 0.5) is 16.2 Å². The number of benzene rings is 1. The van der Waals surface area contributed by atoms with Gasteiger partial charge in [0.05, 0.1) is 24.3 Å². The number of amides is 2. The van der Waals surface area contributed by atoms with E-state index in [0.29, 0.717) is 54.6 Å². The molecule has 3 aliphatic rings. The second-order valence-electron chi connectivity index (χ2n) is 8.36. The van der Waals surface area contributed by atoms with E-state index >= 15 is 0 Å². The normalized spacial score (nSPS) is 20.9. The van der Waals surface area contributed by atoms with Crippen LogP contribution in [0.5, 0.6) is 11.5 Å². The molecule has 6 rings (SSSR count). The molecule has 2 N–H and O–H groups in total. The predicted octanol–water partition coefficient (Wildman–Crippen LogP) is 1.10. The first-order valence-corrected chi connectivity index (χ1v) is 11.0. The maximum atomic E-state index is 12.5. The van der Waals surface area contributed by atoms with Crippen molar-refractivity contribution in [3.63, 3.8) is 0 Å². The van der Waals surface area contributed by atoms with Crippen molar-refractivity contribution < 1.29 is 23.8 Å². The summed E-state index contributed by atoms with van der Waals surface area (Å²) >= 11 is 0. The van der Waals surface area contributed by atoms with Crippen LogP contribution in [-0.4, -0.2) is 60.0 Å². The van der Waals surface area contributed by atoms with Gasteiger partial charge in [-0.25, -0.2) is 4.79 Å². The molecule has 1 saturated heterocycles. The summed E-state index contributed by atoms with van der Waals surface area (Å²) in [6.07, 6.45) is 0.590. The molecule has 0 bridgehead atoms. The summed E-state index contributed by atoms with van der Waals surface area (Å²) in [5.41, 5.74) is 2.47. The number of carbonyl (C=O) groups excluding carboxylic acids is 2. The smallest absolute Gasteiger partial charge is 0.414 e. The van der Waals surface area contributed by atoms with E-state index in [1.807, 2.05) is 0 Å². The van der Waals surface area contributed by atoms with E-state index < -0.39 is 6.09 Å². The van der Waals surface area contributed by atoms with Crippen LogP contribution in [0.15, 0.2) is 47.4 Å². The van der Waals surface area contributed by atoms with E-state index in [0.717, 1.165) is 5.52 Å². The van der Waals surface area contributed by atoms with Gasteiger partial charge < -0.3 is 24.8 Å². The Morgan fingerprint density at radius 2 is 1.85 bits per heavy atom. The minimum absolute atomic E-state index is 0.0250. The van der Waals surface area contributed by atoms with Crippen LogP contribution >= 0.6 is 0 Å². The summed E-state index contributed by atoms with van der Waals surface area (Å²) < 4.78 is 18.6. The molecule has 0 saturated carbocycles. The molecule has 11 nitrogen and oxygen atoms in total. The lowest BCUT2D eigenvalue weighted by atomic mass is 10.2. The van der Waals surface area contributed by atoms with Crippen LogP contribution in [0.1, 0.15) is 0 Å². The highest BCUT2D eigenvalue weighted by molar-refractivity contribution is 5.97. The highest BCUT2D eigenvalue weighted by atomic mass is 16.6. The van der Waals surface area contributed by atoms with Crippen LogP contribution < -0.4 is 30.6 Å². The molecule has 1 aromatic carbocycles. The van der Waals surface area contributed by atoms with Crippen molar-refractivity contribution in [3.8, 4) is 11.5 Å². The summed E-state index contributed by atoms with van der Waals surface area (Å²) in [4.78, 5) is 42.2. The number of nitrogens with zero attached hydrogens (tertiary/aromatic N) is 3. The van der Waals surface area contributed by atoms with Crippen molar-refractivity contribution in [2.24, 2.45) is 0 Å². The minimum Gasteiger partial charge on any atom is -0.485 e. The molecule has 1 fully saturated rings. The van der Waals surface area contributed by atoms with Gasteiger partial charge in [0.1, 0.15) is 29.2 Å². The monoisotopic (exact) mass is 463 g/mol. The number of anilines is 2. The van der Waals surface area contributed by atoms with Gasteiger partial charge in [-0.15, -0.1) is 0 Å². The van der Waals surface area contributed by atoms with Crippen LogP contribution in [-0.2, 0) is 16.1 Å². The Kier molecular flexibility index (Phi) is 4.84. The Morgan fingerprint density at radius 3 is 2.74 bits per heavy atom. The van der Waals surface area contributed by atoms with Crippen LogP contribution in [0.25, 0.3) is 11.0 Å². The molecule has 0 aliphatic carbocycles. The molecule has 2 atom stereocenters. The molecule has 0 unspecified atom stereocenters. The maximum absolute atomic E-state index is 12.5. The Bertz CT molecular complexity index is 1370. The Labute approximate surface area is 193 Å². The number of hydrogen-bond acceptors (Lipinski definition) is 8. The molecule has 2 amide bonds. The first kappa shape index (κ1) is 20.5. The predicted molar refractivity (Wildman–Crippen MR) is 121 cm³/mol. The molecule has 174 valence electrons. The molecule has 3 aliphatic heterocycles. The SMILES string of the molecule is O=C1COc2ccc(N3C[C@@H](CNC[C@H]4Cn5c(=O)ccc6nccc(c65)O4)OC3=O)cc2N1. The van der Waals surface area contributed by atoms with Gasteiger partial charge in [-0.05, 0) is 24.3 Å². The lowest BCUT2D eigenvalue weighted by Crippen LogP contribution is -2.42. The summed E-state index contributed by atoms with van der Waals surface area (Å²) in [6.45, 7) is 1.64. The number of aromatic nitrogens is 2. The fourth-order valence-electron chi connectivity index (χ4n) is 4.48. The number of nitrogens with one attached hydrogen (secondary N) is 2. The third-order valence-corrected chi connectivity index (χ3v) is 6.04. The second kappa shape index (κ2) is 8.03. The fraction of sp³-hybridized carbons (Fsp3) is 0.304. The molecule has 3 aromatic rings. The van der Waals surface area contributed by atoms with Crippen LogP contribution in [0.3, 0.4) is 0 Å². The number of ether oxygens (including phenoxy) is 3. The Morgan fingerprint density at radius 1 is 1.00 bits per heavy atom. The first-order chi connectivity index (χ1) is 16.5. The molecule has 0 radical (unpaired) electrons. The van der Waals surface area contributed by atoms with Gasteiger partial charge in [0.2, 0.25) is 0 Å². The Balaban J connectivity index is 1.08. The van der Waals surface area contributed by atoms with Crippen LogP contribution in [0.2, 0.25) is 0 Å². The summed E-state index contributed by atoms with van der Waals surface area (Å²) in [7, 11) is 0. The van der Waals surface area contributed by atoms with Crippen LogP contribution in [0, 0.1) is 0 Å². The number of pyridine rings is 2. The molecule has 11 heteroatoms. The third-order valence-electron chi connectivity index (χ3n) is 6.04. The molecule has 34 heavy (non-hydrogen) atoms. The summed E-state index contributed by atoms with van der Waals surface area (Å²) in [5.74, 6) is 0.953. The van der Waals surface area contributed by atoms with Gasteiger partial charge in [-0.3, -0.25) is 24.0 Å². The van der Waals surface area contributed by atoms with E-state index in [2.05, 4.69) is 15.6 Å². The van der Waals surface area contributed by atoms with Gasteiger partial charge in [0, 0.05) is 37.1 Å². The Hall–Kier alpha value is -4.12. The number of carbonyl (C=O) groups is 2. The van der Waals surface area contributed by atoms with Gasteiger partial charge in [-0.1, -0.05) is 0 Å². The number of hydrogen-bond donors (Lipinski definition) is 2. The minimum atomic E-state index is -0.455. The first-order valence-electron chi connectivity index (χ1n) is 11.0. The van der Waals surface area contributed by atoms with E-state index in [-0.39, 0.29) is 30.3 Å². The zero-order valence-electron chi connectivity index (χ0n) is 18.0. The van der Waals surface area contributed by atoms with Crippen molar-refractivity contribution in [1.82, 2.24) is 14.9 Å². The third kappa shape index (κ3) is 3.59. The highest BCUT2D eigenvalue weighted by Crippen LogP contribution is 2.33.